The molecule has 0 spiro atoms. The smallest absolute Gasteiger partial charge is 0.209 e. The zero-order chi connectivity index (χ0) is 10.7. The van der Waals surface area contributed by atoms with E-state index in [9.17, 15) is 13.6 Å². The van der Waals surface area contributed by atoms with Crippen LogP contribution in [0.4, 0.5) is 8.78 Å². The molecule has 76 valence electrons. The first-order chi connectivity index (χ1) is 6.50. The molecule has 2 nitrogen and oxygen atoms in total. The van der Waals surface area contributed by atoms with Gasteiger partial charge in [0, 0.05) is 22.6 Å². The Bertz CT molecular complexity index is 357. The summed E-state index contributed by atoms with van der Waals surface area (Å²) in [5.74, 6) is -1.82. The minimum absolute atomic E-state index is 0.202. The molecule has 1 aromatic rings. The van der Waals surface area contributed by atoms with Crippen molar-refractivity contribution in [3.05, 3.63) is 35.4 Å². The van der Waals surface area contributed by atoms with E-state index in [1.165, 1.54) is 6.07 Å². The van der Waals surface area contributed by atoms with E-state index in [2.05, 4.69) is 0 Å². The van der Waals surface area contributed by atoms with Crippen molar-refractivity contribution in [2.24, 2.45) is 5.73 Å². The van der Waals surface area contributed by atoms with Crippen molar-refractivity contribution in [2.75, 3.05) is 0 Å². The molecule has 0 aliphatic heterocycles. The summed E-state index contributed by atoms with van der Waals surface area (Å²) in [6, 6.07) is 2.82. The Morgan fingerprint density at radius 1 is 1.43 bits per heavy atom. The van der Waals surface area contributed by atoms with E-state index in [0.29, 0.717) is 5.56 Å². The highest BCUT2D eigenvalue weighted by atomic mass is 127. The highest BCUT2D eigenvalue weighted by Gasteiger charge is 2.11. The normalized spacial score (nSPS) is 12.6. The van der Waals surface area contributed by atoms with Gasteiger partial charge in [0.25, 0.3) is 0 Å². The summed E-state index contributed by atoms with van der Waals surface area (Å²) in [6.07, 6.45) is 0.221. The Labute approximate surface area is 93.6 Å². The minimum Gasteiger partial charge on any atom is -0.321 e. The third kappa shape index (κ3) is 2.98. The van der Waals surface area contributed by atoms with E-state index in [-0.39, 0.29) is 10.2 Å². The van der Waals surface area contributed by atoms with Crippen molar-refractivity contribution in [2.45, 2.75) is 12.5 Å². The standard InChI is InChI=1S/C9H8F2INO/c10-6-2-1-5(3-7(6)11)4-8(13)9(12)14/h1-3,8H,4,13H2/t8-/m1/s1. The molecule has 0 aromatic heterocycles. The van der Waals surface area contributed by atoms with Crippen LogP contribution in [0.1, 0.15) is 5.56 Å². The lowest BCUT2D eigenvalue weighted by Crippen LogP contribution is -2.28. The molecule has 0 saturated carbocycles. The first-order valence-electron chi connectivity index (χ1n) is 3.89. The van der Waals surface area contributed by atoms with Crippen molar-refractivity contribution < 1.29 is 13.6 Å². The second-order valence-electron chi connectivity index (χ2n) is 2.86. The average Bonchev–Trinajstić information content (AvgIpc) is 2.11. The molecular weight excluding hydrogens is 303 g/mol. The third-order valence-corrected chi connectivity index (χ3v) is 2.53. The van der Waals surface area contributed by atoms with Crippen molar-refractivity contribution >= 4 is 26.4 Å². The molecule has 0 saturated heterocycles. The Kier molecular flexibility index (Phi) is 3.94. The topological polar surface area (TPSA) is 43.1 Å². The van der Waals surface area contributed by atoms with Crippen molar-refractivity contribution in [3.63, 3.8) is 0 Å². The second-order valence-corrected chi connectivity index (χ2v) is 3.93. The Hall–Kier alpha value is -0.560. The quantitative estimate of drug-likeness (QED) is 0.683. The molecule has 0 fully saturated rings. The van der Waals surface area contributed by atoms with E-state index >= 15 is 0 Å². The number of carbonyl (C=O) groups is 1. The number of rotatable bonds is 3. The minimum atomic E-state index is -0.921. The summed E-state index contributed by atoms with van der Waals surface area (Å²) in [5.41, 5.74) is 5.98. The van der Waals surface area contributed by atoms with Gasteiger partial charge in [0.15, 0.2) is 11.6 Å². The first-order valence-corrected chi connectivity index (χ1v) is 4.97. The van der Waals surface area contributed by atoms with Gasteiger partial charge in [-0.2, -0.15) is 0 Å². The van der Waals surface area contributed by atoms with Crippen LogP contribution in [0.5, 0.6) is 0 Å². The van der Waals surface area contributed by atoms with Gasteiger partial charge in [0.05, 0.1) is 6.04 Å². The van der Waals surface area contributed by atoms with Gasteiger partial charge in [0.1, 0.15) is 0 Å². The van der Waals surface area contributed by atoms with Gasteiger partial charge in [-0.1, -0.05) is 6.07 Å². The van der Waals surface area contributed by atoms with E-state index < -0.39 is 17.7 Å². The van der Waals surface area contributed by atoms with Gasteiger partial charge < -0.3 is 5.73 Å². The first kappa shape index (κ1) is 11.5. The molecule has 14 heavy (non-hydrogen) atoms. The van der Waals surface area contributed by atoms with Crippen LogP contribution >= 0.6 is 22.6 Å². The van der Waals surface area contributed by atoms with E-state index in [1.807, 2.05) is 0 Å². The Balaban J connectivity index is 2.78. The maximum Gasteiger partial charge on any atom is 0.209 e. The van der Waals surface area contributed by atoms with Crippen LogP contribution in [0.3, 0.4) is 0 Å². The molecule has 0 amide bonds. The molecule has 1 rings (SSSR count). The molecule has 0 bridgehead atoms. The van der Waals surface area contributed by atoms with Gasteiger partial charge in [-0.3, -0.25) is 4.79 Å². The fourth-order valence-electron chi connectivity index (χ4n) is 1.00. The fraction of sp³-hybridized carbons (Fsp3) is 0.222. The molecule has 1 aromatic carbocycles. The lowest BCUT2D eigenvalue weighted by atomic mass is 10.1. The van der Waals surface area contributed by atoms with Crippen LogP contribution in [0, 0.1) is 11.6 Å². The summed E-state index contributed by atoms with van der Waals surface area (Å²) in [7, 11) is 0. The molecule has 1 atom stereocenters. The van der Waals surface area contributed by atoms with Crippen LogP contribution in [0.25, 0.3) is 0 Å². The highest BCUT2D eigenvalue weighted by molar-refractivity contribution is 14.1. The summed E-state index contributed by atoms with van der Waals surface area (Å²) in [5, 5.41) is 0. The van der Waals surface area contributed by atoms with Gasteiger partial charge in [-0.05, 0) is 24.1 Å². The van der Waals surface area contributed by atoms with Gasteiger partial charge in [-0.25, -0.2) is 8.78 Å². The highest BCUT2D eigenvalue weighted by Crippen LogP contribution is 2.11. The maximum absolute atomic E-state index is 12.7. The van der Waals surface area contributed by atoms with Crippen molar-refractivity contribution in [1.29, 1.82) is 0 Å². The second kappa shape index (κ2) is 4.79. The van der Waals surface area contributed by atoms with Crippen molar-refractivity contribution in [3.8, 4) is 0 Å². The number of halogens is 3. The summed E-state index contributed by atoms with van der Waals surface area (Å²) < 4.78 is 25.0. The number of benzene rings is 1. The molecule has 0 heterocycles. The number of hydrogen-bond donors (Lipinski definition) is 1. The predicted octanol–water partition coefficient (Wildman–Crippen LogP) is 1.80. The van der Waals surface area contributed by atoms with Gasteiger partial charge in [-0.15, -0.1) is 0 Å². The number of carbonyl (C=O) groups excluding carboxylic acids is 1. The lowest BCUT2D eigenvalue weighted by molar-refractivity contribution is -0.110. The van der Waals surface area contributed by atoms with Crippen LogP contribution in [-0.4, -0.2) is 9.83 Å². The third-order valence-electron chi connectivity index (χ3n) is 1.73. The van der Waals surface area contributed by atoms with Crippen LogP contribution in [0.15, 0.2) is 18.2 Å². The van der Waals surface area contributed by atoms with Crippen LogP contribution < -0.4 is 5.73 Å². The van der Waals surface area contributed by atoms with E-state index in [4.69, 9.17) is 5.73 Å². The Morgan fingerprint density at radius 2 is 2.07 bits per heavy atom. The van der Waals surface area contributed by atoms with E-state index in [1.54, 1.807) is 22.6 Å². The molecule has 0 unspecified atom stereocenters. The zero-order valence-electron chi connectivity index (χ0n) is 7.14. The summed E-state index contributed by atoms with van der Waals surface area (Å²) in [4.78, 5) is 10.8. The average molecular weight is 311 g/mol. The van der Waals surface area contributed by atoms with Crippen LogP contribution in [0.2, 0.25) is 0 Å². The van der Waals surface area contributed by atoms with Gasteiger partial charge in [0.2, 0.25) is 3.79 Å². The maximum atomic E-state index is 12.7. The number of hydrogen-bond acceptors (Lipinski definition) is 2. The van der Waals surface area contributed by atoms with Gasteiger partial charge >= 0.3 is 0 Å². The summed E-state index contributed by atoms with van der Waals surface area (Å²) >= 11 is 1.58. The predicted molar refractivity (Wildman–Crippen MR) is 57.1 cm³/mol. The molecule has 0 aliphatic carbocycles. The lowest BCUT2D eigenvalue weighted by Gasteiger charge is -2.06. The zero-order valence-corrected chi connectivity index (χ0v) is 9.29. The Morgan fingerprint density at radius 3 is 2.57 bits per heavy atom. The SMILES string of the molecule is N[C@H](Cc1ccc(F)c(F)c1)C(=O)I. The molecule has 0 aliphatic rings. The summed E-state index contributed by atoms with van der Waals surface area (Å²) in [6.45, 7) is 0. The molecular formula is C9H8F2INO. The number of nitrogens with two attached hydrogens (primary N) is 1. The molecule has 0 radical (unpaired) electrons. The molecule has 2 N–H and O–H groups in total. The monoisotopic (exact) mass is 311 g/mol. The van der Waals surface area contributed by atoms with Crippen LogP contribution in [-0.2, 0) is 11.2 Å². The fourth-order valence-corrected chi connectivity index (χ4v) is 1.22. The molecule has 5 heteroatoms. The van der Waals surface area contributed by atoms with Crippen molar-refractivity contribution in [1.82, 2.24) is 0 Å². The van der Waals surface area contributed by atoms with E-state index in [0.717, 1.165) is 12.1 Å². The largest absolute Gasteiger partial charge is 0.321 e.